The molecule has 1 aromatic carbocycles. The van der Waals surface area contributed by atoms with Crippen molar-refractivity contribution >= 4 is 27.0 Å². The summed E-state index contributed by atoms with van der Waals surface area (Å²) in [5.74, 6) is 0.0789. The first-order chi connectivity index (χ1) is 9.88. The van der Waals surface area contributed by atoms with Crippen LogP contribution in [0.2, 0.25) is 0 Å². The summed E-state index contributed by atoms with van der Waals surface area (Å²) >= 11 is 4.85. The summed E-state index contributed by atoms with van der Waals surface area (Å²) < 4.78 is 24.6. The fourth-order valence-electron chi connectivity index (χ4n) is 2.34. The Kier molecular flexibility index (Phi) is 5.32. The maximum absolute atomic E-state index is 12.3. The van der Waals surface area contributed by atoms with E-state index < -0.39 is 9.84 Å². The first-order valence-corrected chi connectivity index (χ1v) is 8.97. The number of hydrogen-bond donors (Lipinski definition) is 2. The number of thiocarbonyl (C=S) groups is 1. The van der Waals surface area contributed by atoms with Gasteiger partial charge >= 0.3 is 0 Å². The summed E-state index contributed by atoms with van der Waals surface area (Å²) in [4.78, 5) is 2.62. The van der Waals surface area contributed by atoms with Crippen molar-refractivity contribution in [2.45, 2.75) is 23.8 Å². The fourth-order valence-corrected chi connectivity index (χ4v) is 3.76. The van der Waals surface area contributed by atoms with Gasteiger partial charge in [0.1, 0.15) is 4.99 Å². The Morgan fingerprint density at radius 3 is 2.38 bits per heavy atom. The Morgan fingerprint density at radius 1 is 1.29 bits per heavy atom. The van der Waals surface area contributed by atoms with Crippen LogP contribution in [0.25, 0.3) is 0 Å². The Labute approximate surface area is 130 Å². The molecule has 0 radical (unpaired) electrons. The molecule has 0 aliphatic carbocycles. The van der Waals surface area contributed by atoms with Gasteiger partial charge in [0.2, 0.25) is 0 Å². The molecule has 2 rings (SSSR count). The molecule has 0 spiro atoms. The lowest BCUT2D eigenvalue weighted by atomic mass is 10.1. The van der Waals surface area contributed by atoms with E-state index in [0.717, 1.165) is 13.1 Å². The number of piperidine rings is 1. The zero-order valence-electron chi connectivity index (χ0n) is 11.7. The van der Waals surface area contributed by atoms with Gasteiger partial charge in [0.15, 0.2) is 9.84 Å². The molecule has 0 amide bonds. The van der Waals surface area contributed by atoms with E-state index in [1.165, 1.54) is 0 Å². The van der Waals surface area contributed by atoms with Crippen LogP contribution in [0, 0.1) is 0 Å². The van der Waals surface area contributed by atoms with E-state index >= 15 is 0 Å². The topological polar surface area (TPSA) is 83.6 Å². The lowest BCUT2D eigenvalue weighted by molar-refractivity contribution is 0.0855. The van der Waals surface area contributed by atoms with Gasteiger partial charge in [-0.3, -0.25) is 0 Å². The monoisotopic (exact) mass is 328 g/mol. The number of benzene rings is 1. The number of likely N-dealkylation sites (tertiary alicyclic amines) is 1. The molecule has 0 unspecified atom stereocenters. The highest BCUT2D eigenvalue weighted by Crippen LogP contribution is 2.15. The average molecular weight is 328 g/mol. The maximum Gasteiger partial charge on any atom is 0.179 e. The van der Waals surface area contributed by atoms with Crippen molar-refractivity contribution in [1.29, 1.82) is 0 Å². The Morgan fingerprint density at radius 2 is 1.86 bits per heavy atom. The Bertz CT molecular complexity index is 591. The summed E-state index contributed by atoms with van der Waals surface area (Å²) in [5.41, 5.74) is 6.16. The molecule has 116 valence electrons. The van der Waals surface area contributed by atoms with E-state index in [4.69, 9.17) is 18.0 Å². The van der Waals surface area contributed by atoms with Gasteiger partial charge in [0.25, 0.3) is 0 Å². The van der Waals surface area contributed by atoms with E-state index in [-0.39, 0.29) is 16.8 Å². The van der Waals surface area contributed by atoms with Crippen LogP contribution in [-0.4, -0.2) is 54.9 Å². The number of nitrogens with two attached hydrogens (primary N) is 1. The molecular formula is C14H20N2O3S2. The van der Waals surface area contributed by atoms with Crippen molar-refractivity contribution in [2.75, 3.05) is 25.4 Å². The van der Waals surface area contributed by atoms with Crippen molar-refractivity contribution in [1.82, 2.24) is 4.90 Å². The second kappa shape index (κ2) is 6.83. The molecule has 1 fully saturated rings. The van der Waals surface area contributed by atoms with E-state index in [0.29, 0.717) is 29.8 Å². The second-order valence-corrected chi connectivity index (χ2v) is 7.83. The minimum atomic E-state index is -3.30. The van der Waals surface area contributed by atoms with Crippen molar-refractivity contribution in [3.05, 3.63) is 29.8 Å². The molecule has 1 aliphatic heterocycles. The molecule has 0 bridgehead atoms. The van der Waals surface area contributed by atoms with Crippen molar-refractivity contribution in [2.24, 2.45) is 5.73 Å². The molecular weight excluding hydrogens is 308 g/mol. The summed E-state index contributed by atoms with van der Waals surface area (Å²) in [6.45, 7) is 1.99. The van der Waals surface area contributed by atoms with Crippen LogP contribution < -0.4 is 5.73 Å². The number of hydrogen-bond acceptors (Lipinski definition) is 5. The molecule has 1 aliphatic rings. The molecule has 1 heterocycles. The lowest BCUT2D eigenvalue weighted by Crippen LogP contribution is -2.38. The predicted octanol–water partition coefficient (Wildman–Crippen LogP) is 0.551. The highest BCUT2D eigenvalue weighted by Gasteiger charge is 2.20. The molecule has 21 heavy (non-hydrogen) atoms. The Hall–Kier alpha value is -1.02. The van der Waals surface area contributed by atoms with Crippen molar-refractivity contribution < 1.29 is 13.5 Å². The van der Waals surface area contributed by atoms with Gasteiger partial charge < -0.3 is 15.7 Å². The van der Waals surface area contributed by atoms with E-state index in [9.17, 15) is 13.5 Å². The molecule has 1 saturated heterocycles. The van der Waals surface area contributed by atoms with Crippen LogP contribution in [0.3, 0.4) is 0 Å². The molecule has 7 heteroatoms. The summed E-state index contributed by atoms with van der Waals surface area (Å²) in [7, 11) is -3.30. The standard InChI is InChI=1S/C14H20N2O3S2/c15-14(20)11-1-3-13(4-2-11)21(18,19)10-9-16-7-5-12(17)6-8-16/h1-4,12,17H,5-10H2,(H2,15,20). The molecule has 5 nitrogen and oxygen atoms in total. The SMILES string of the molecule is NC(=S)c1ccc(S(=O)(=O)CCN2CCC(O)CC2)cc1. The van der Waals surface area contributed by atoms with Gasteiger partial charge in [0, 0.05) is 25.2 Å². The zero-order chi connectivity index (χ0) is 15.5. The molecule has 1 aromatic rings. The highest BCUT2D eigenvalue weighted by molar-refractivity contribution is 7.91. The summed E-state index contributed by atoms with van der Waals surface area (Å²) in [5, 5.41) is 9.44. The van der Waals surface area contributed by atoms with Gasteiger partial charge in [-0.1, -0.05) is 24.4 Å². The van der Waals surface area contributed by atoms with Gasteiger partial charge in [-0.05, 0) is 25.0 Å². The smallest absolute Gasteiger partial charge is 0.179 e. The van der Waals surface area contributed by atoms with Crippen LogP contribution in [0.5, 0.6) is 0 Å². The third kappa shape index (κ3) is 4.47. The summed E-state index contributed by atoms with van der Waals surface area (Å²) in [6.07, 6.45) is 1.18. The van der Waals surface area contributed by atoms with Crippen LogP contribution in [-0.2, 0) is 9.84 Å². The Balaban J connectivity index is 1.96. The number of aliphatic hydroxyl groups excluding tert-OH is 1. The number of nitrogens with zero attached hydrogens (tertiary/aromatic N) is 1. The first-order valence-electron chi connectivity index (χ1n) is 6.91. The summed E-state index contributed by atoms with van der Waals surface area (Å²) in [6, 6.07) is 6.35. The van der Waals surface area contributed by atoms with Crippen molar-refractivity contribution in [3.8, 4) is 0 Å². The largest absolute Gasteiger partial charge is 0.393 e. The number of sulfone groups is 1. The third-order valence-corrected chi connectivity index (χ3v) is 5.68. The van der Waals surface area contributed by atoms with Crippen LogP contribution in [0.4, 0.5) is 0 Å². The average Bonchev–Trinajstić information content (AvgIpc) is 2.47. The predicted molar refractivity (Wildman–Crippen MR) is 86.1 cm³/mol. The van der Waals surface area contributed by atoms with Crippen LogP contribution >= 0.6 is 12.2 Å². The van der Waals surface area contributed by atoms with Crippen LogP contribution in [0.1, 0.15) is 18.4 Å². The maximum atomic E-state index is 12.3. The van der Waals surface area contributed by atoms with Crippen molar-refractivity contribution in [3.63, 3.8) is 0 Å². The van der Waals surface area contributed by atoms with E-state index in [1.54, 1.807) is 24.3 Å². The normalized spacial score (nSPS) is 17.8. The van der Waals surface area contributed by atoms with E-state index in [2.05, 4.69) is 4.90 Å². The minimum absolute atomic E-state index is 0.0789. The quantitative estimate of drug-likeness (QED) is 0.768. The van der Waals surface area contributed by atoms with Gasteiger partial charge in [0.05, 0.1) is 16.8 Å². The number of aliphatic hydroxyl groups is 1. The zero-order valence-corrected chi connectivity index (χ0v) is 13.4. The van der Waals surface area contributed by atoms with Gasteiger partial charge in [-0.25, -0.2) is 8.42 Å². The second-order valence-electron chi connectivity index (χ2n) is 5.28. The molecule has 0 saturated carbocycles. The van der Waals surface area contributed by atoms with Gasteiger partial charge in [-0.2, -0.15) is 0 Å². The highest BCUT2D eigenvalue weighted by atomic mass is 32.2. The molecule has 0 aromatic heterocycles. The first kappa shape index (κ1) is 16.4. The van der Waals surface area contributed by atoms with Gasteiger partial charge in [-0.15, -0.1) is 0 Å². The lowest BCUT2D eigenvalue weighted by Gasteiger charge is -2.29. The van der Waals surface area contributed by atoms with E-state index in [1.807, 2.05) is 0 Å². The molecule has 0 atom stereocenters. The third-order valence-electron chi connectivity index (χ3n) is 3.73. The fraction of sp³-hybridized carbons (Fsp3) is 0.500. The van der Waals surface area contributed by atoms with Crippen LogP contribution in [0.15, 0.2) is 29.2 Å². The minimum Gasteiger partial charge on any atom is -0.393 e. The molecule has 3 N–H and O–H groups in total. The number of rotatable bonds is 5.